The van der Waals surface area contributed by atoms with Gasteiger partial charge in [0.05, 0.1) is 4.90 Å². The zero-order chi connectivity index (χ0) is 10.8. The van der Waals surface area contributed by atoms with Crippen LogP contribution in [0.3, 0.4) is 0 Å². The lowest BCUT2D eigenvalue weighted by molar-refractivity contribution is -0.418. The summed E-state index contributed by atoms with van der Waals surface area (Å²) in [5.74, 6) is 0.564. The molecule has 1 atom stereocenters. The van der Waals surface area contributed by atoms with Gasteiger partial charge in [0.15, 0.2) is 0 Å². The third-order valence-electron chi connectivity index (χ3n) is 1.88. The van der Waals surface area contributed by atoms with Crippen LogP contribution < -0.4 is 10.9 Å². The van der Waals surface area contributed by atoms with Gasteiger partial charge in [0.25, 0.3) is 0 Å². The van der Waals surface area contributed by atoms with Gasteiger partial charge in [0.1, 0.15) is 6.04 Å². The highest BCUT2D eigenvalue weighted by atomic mass is 32.2. The summed E-state index contributed by atoms with van der Waals surface area (Å²) in [6.45, 7) is 0. The molecule has 0 radical (unpaired) electrons. The summed E-state index contributed by atoms with van der Waals surface area (Å²) in [6.07, 6.45) is 0. The van der Waals surface area contributed by atoms with E-state index >= 15 is 0 Å². The van der Waals surface area contributed by atoms with Gasteiger partial charge < -0.3 is 5.73 Å². The normalized spacial score (nSPS) is 13.9. The fourth-order valence-corrected chi connectivity index (χ4v) is 1.83. The van der Waals surface area contributed by atoms with Crippen LogP contribution in [0, 0.1) is 0 Å². The lowest BCUT2D eigenvalue weighted by atomic mass is 10.1. The average Bonchev–Trinajstić information content (AvgIpc) is 2.15. The molecule has 0 saturated carbocycles. The zero-order valence-corrected chi connectivity index (χ0v) is 9.26. The van der Waals surface area contributed by atoms with Crippen molar-refractivity contribution in [2.24, 2.45) is 5.14 Å². The van der Waals surface area contributed by atoms with E-state index in [1.54, 1.807) is 6.07 Å². The van der Waals surface area contributed by atoms with Crippen molar-refractivity contribution in [3.63, 3.8) is 0 Å². The van der Waals surface area contributed by atoms with Crippen molar-refractivity contribution in [3.8, 4) is 0 Å². The molecule has 4 nitrogen and oxygen atoms in total. The first-order chi connectivity index (χ1) is 6.45. The standard InChI is InChI=1S/C8H12N2O2S2/c9-8(5-13)6-2-1-3-7(4-6)14(10,11)12/h1-4,8,13H,5,9H2,(H2,10,11,12)/p+1. The topological polar surface area (TPSA) is 87.8 Å². The Morgan fingerprint density at radius 3 is 2.64 bits per heavy atom. The molecule has 0 aliphatic rings. The Labute approximate surface area is 88.8 Å². The fourth-order valence-electron chi connectivity index (χ4n) is 1.05. The van der Waals surface area contributed by atoms with Crippen molar-refractivity contribution < 1.29 is 14.2 Å². The van der Waals surface area contributed by atoms with Crippen molar-refractivity contribution >= 4 is 22.7 Å². The summed E-state index contributed by atoms with van der Waals surface area (Å²) in [4.78, 5) is 0.116. The van der Waals surface area contributed by atoms with Crippen molar-refractivity contribution in [2.75, 3.05) is 5.75 Å². The highest BCUT2D eigenvalue weighted by molar-refractivity contribution is 7.89. The number of hydrogen-bond acceptors (Lipinski definition) is 3. The van der Waals surface area contributed by atoms with Crippen molar-refractivity contribution in [1.82, 2.24) is 0 Å². The number of hydrogen-bond donors (Lipinski definition) is 3. The summed E-state index contributed by atoms with van der Waals surface area (Å²) in [7, 11) is -3.62. The Hall–Kier alpha value is -0.560. The highest BCUT2D eigenvalue weighted by Crippen LogP contribution is 2.14. The number of nitrogens with two attached hydrogens (primary N) is 1. The van der Waals surface area contributed by atoms with E-state index in [2.05, 4.69) is 18.4 Å². The molecule has 0 aliphatic carbocycles. The van der Waals surface area contributed by atoms with Gasteiger partial charge in [0.2, 0.25) is 10.0 Å². The third-order valence-corrected chi connectivity index (χ3v) is 3.23. The molecule has 14 heavy (non-hydrogen) atoms. The monoisotopic (exact) mass is 233 g/mol. The molecule has 0 heterocycles. The minimum atomic E-state index is -3.62. The first-order valence-corrected chi connectivity index (χ1v) is 6.19. The van der Waals surface area contributed by atoms with Gasteiger partial charge in [-0.25, -0.2) is 13.6 Å². The summed E-state index contributed by atoms with van der Waals surface area (Å²) < 4.78 is 22.1. The molecule has 1 aromatic carbocycles. The molecule has 1 rings (SSSR count). The summed E-state index contributed by atoms with van der Waals surface area (Å²) in [5, 5.41) is 5.00. The van der Waals surface area contributed by atoms with Crippen LogP contribution in [0.2, 0.25) is 0 Å². The molecule has 0 bridgehead atoms. The molecule has 0 aliphatic heterocycles. The van der Waals surface area contributed by atoms with Crippen molar-refractivity contribution in [2.45, 2.75) is 10.9 Å². The summed E-state index contributed by atoms with van der Waals surface area (Å²) in [6, 6.07) is 6.42. The molecule has 0 saturated heterocycles. The van der Waals surface area contributed by atoms with Crippen LogP contribution >= 0.6 is 12.6 Å². The van der Waals surface area contributed by atoms with Gasteiger partial charge in [-0.05, 0) is 12.1 Å². The number of thiol groups is 1. The Morgan fingerprint density at radius 2 is 2.14 bits per heavy atom. The molecule has 0 aromatic heterocycles. The SMILES string of the molecule is NS(=O)(=O)c1cccc(C([NH3+])CS)c1. The number of primary sulfonamides is 1. The van der Waals surface area contributed by atoms with E-state index in [1.165, 1.54) is 12.1 Å². The Kier molecular flexibility index (Phi) is 3.54. The van der Waals surface area contributed by atoms with Gasteiger partial charge in [-0.3, -0.25) is 0 Å². The number of sulfonamides is 1. The Bertz CT molecular complexity index is 417. The van der Waals surface area contributed by atoms with Crippen LogP contribution in [-0.2, 0) is 10.0 Å². The van der Waals surface area contributed by atoms with Gasteiger partial charge in [-0.15, -0.1) is 0 Å². The maximum Gasteiger partial charge on any atom is 0.238 e. The third kappa shape index (κ3) is 2.71. The first kappa shape index (κ1) is 11.5. The van der Waals surface area contributed by atoms with E-state index in [1.807, 2.05) is 6.07 Å². The van der Waals surface area contributed by atoms with Crippen molar-refractivity contribution in [1.29, 1.82) is 0 Å². The molecular weight excluding hydrogens is 220 g/mol. The smallest absolute Gasteiger partial charge is 0.238 e. The van der Waals surface area contributed by atoms with Crippen LogP contribution in [0.25, 0.3) is 0 Å². The van der Waals surface area contributed by atoms with E-state index < -0.39 is 10.0 Å². The Balaban J connectivity index is 3.14. The number of benzene rings is 1. The summed E-state index contributed by atoms with van der Waals surface area (Å²) in [5.41, 5.74) is 4.66. The molecular formula is C8H13N2O2S2+. The second-order valence-electron chi connectivity index (χ2n) is 3.00. The van der Waals surface area contributed by atoms with E-state index in [0.717, 1.165) is 5.56 Å². The molecule has 0 amide bonds. The van der Waals surface area contributed by atoms with E-state index in [4.69, 9.17) is 5.14 Å². The van der Waals surface area contributed by atoms with E-state index in [9.17, 15) is 8.42 Å². The molecule has 0 fully saturated rings. The largest absolute Gasteiger partial charge is 0.351 e. The quantitative estimate of drug-likeness (QED) is 0.617. The molecule has 1 unspecified atom stereocenters. The van der Waals surface area contributed by atoms with E-state index in [0.29, 0.717) is 5.75 Å². The lowest BCUT2D eigenvalue weighted by Crippen LogP contribution is -2.54. The predicted molar refractivity (Wildman–Crippen MR) is 57.3 cm³/mol. The van der Waals surface area contributed by atoms with Crippen LogP contribution in [0.15, 0.2) is 29.2 Å². The number of quaternary nitrogens is 1. The second kappa shape index (κ2) is 4.31. The molecule has 0 spiro atoms. The number of rotatable bonds is 3. The van der Waals surface area contributed by atoms with Gasteiger partial charge >= 0.3 is 0 Å². The van der Waals surface area contributed by atoms with Crippen molar-refractivity contribution in [3.05, 3.63) is 29.8 Å². The summed E-state index contributed by atoms with van der Waals surface area (Å²) >= 11 is 4.09. The fraction of sp³-hybridized carbons (Fsp3) is 0.250. The van der Waals surface area contributed by atoms with Crippen LogP contribution in [0.4, 0.5) is 0 Å². The second-order valence-corrected chi connectivity index (χ2v) is 4.92. The van der Waals surface area contributed by atoms with Crippen LogP contribution in [0.1, 0.15) is 11.6 Å². The highest BCUT2D eigenvalue weighted by Gasteiger charge is 2.12. The van der Waals surface area contributed by atoms with Crippen LogP contribution in [0.5, 0.6) is 0 Å². The molecule has 6 heteroatoms. The minimum Gasteiger partial charge on any atom is -0.351 e. The van der Waals surface area contributed by atoms with Crippen LogP contribution in [-0.4, -0.2) is 14.2 Å². The van der Waals surface area contributed by atoms with Gasteiger partial charge in [0, 0.05) is 11.3 Å². The lowest BCUT2D eigenvalue weighted by Gasteiger charge is -2.06. The molecule has 5 N–H and O–H groups in total. The predicted octanol–water partition coefficient (Wildman–Crippen LogP) is -0.453. The minimum absolute atomic E-state index is 0.0277. The zero-order valence-electron chi connectivity index (χ0n) is 7.55. The Morgan fingerprint density at radius 1 is 1.50 bits per heavy atom. The molecule has 78 valence electrons. The van der Waals surface area contributed by atoms with Gasteiger partial charge in [-0.2, -0.15) is 12.6 Å². The maximum absolute atomic E-state index is 11.0. The van der Waals surface area contributed by atoms with E-state index in [-0.39, 0.29) is 10.9 Å². The first-order valence-electron chi connectivity index (χ1n) is 4.02. The maximum atomic E-state index is 11.0. The average molecular weight is 233 g/mol. The molecule has 1 aromatic rings. The van der Waals surface area contributed by atoms with Gasteiger partial charge in [-0.1, -0.05) is 12.1 Å².